The van der Waals surface area contributed by atoms with E-state index in [1.165, 1.54) is 21.9 Å². The van der Waals surface area contributed by atoms with Gasteiger partial charge < -0.3 is 10.3 Å². The Balaban J connectivity index is 1.72. The van der Waals surface area contributed by atoms with Crippen LogP contribution >= 0.6 is 11.3 Å². The minimum absolute atomic E-state index is 0.0237. The molecule has 23 heavy (non-hydrogen) atoms. The van der Waals surface area contributed by atoms with E-state index in [-0.39, 0.29) is 11.1 Å². The highest BCUT2D eigenvalue weighted by Gasteiger charge is 2.15. The Labute approximate surface area is 134 Å². The maximum atomic E-state index is 12.5. The van der Waals surface area contributed by atoms with Crippen LogP contribution < -0.4 is 10.9 Å². The zero-order valence-corrected chi connectivity index (χ0v) is 13.0. The van der Waals surface area contributed by atoms with E-state index < -0.39 is 5.91 Å². The molecule has 0 bridgehead atoms. The second-order valence-electron chi connectivity index (χ2n) is 5.21. The van der Waals surface area contributed by atoms with Crippen LogP contribution in [0, 0.1) is 6.92 Å². The summed E-state index contributed by atoms with van der Waals surface area (Å²) in [5.41, 5.74) is 1.98. The minimum Gasteiger partial charge on any atom is -0.361 e. The molecule has 0 aliphatic rings. The summed E-state index contributed by atoms with van der Waals surface area (Å²) >= 11 is 1.37. The monoisotopic (exact) mass is 324 g/mol. The second-order valence-corrected chi connectivity index (χ2v) is 6.04. The lowest BCUT2D eigenvalue weighted by Gasteiger charge is -2.05. The maximum absolute atomic E-state index is 12.5. The van der Waals surface area contributed by atoms with Gasteiger partial charge in [-0.1, -0.05) is 6.07 Å². The van der Waals surface area contributed by atoms with E-state index in [1.807, 2.05) is 36.7 Å². The number of thiazole rings is 1. The number of hydrogen-bond donors (Lipinski definition) is 2. The van der Waals surface area contributed by atoms with Crippen LogP contribution in [0.4, 0.5) is 5.69 Å². The molecule has 0 aliphatic carbocycles. The van der Waals surface area contributed by atoms with Gasteiger partial charge in [-0.2, -0.15) is 0 Å². The number of hydrogen-bond acceptors (Lipinski definition) is 4. The van der Waals surface area contributed by atoms with Crippen molar-refractivity contribution in [1.29, 1.82) is 0 Å². The Morgan fingerprint density at radius 1 is 1.35 bits per heavy atom. The second kappa shape index (κ2) is 5.06. The highest BCUT2D eigenvalue weighted by molar-refractivity contribution is 7.15. The van der Waals surface area contributed by atoms with E-state index >= 15 is 0 Å². The van der Waals surface area contributed by atoms with Gasteiger partial charge in [0.15, 0.2) is 4.96 Å². The first-order valence-electron chi connectivity index (χ1n) is 6.98. The maximum Gasteiger partial charge on any atom is 0.271 e. The molecule has 114 valence electrons. The van der Waals surface area contributed by atoms with Gasteiger partial charge in [-0.05, 0) is 30.5 Å². The van der Waals surface area contributed by atoms with Crippen LogP contribution in [-0.2, 0) is 0 Å². The van der Waals surface area contributed by atoms with Crippen molar-refractivity contribution in [3.05, 3.63) is 63.7 Å². The summed E-state index contributed by atoms with van der Waals surface area (Å²) in [7, 11) is 0. The molecule has 0 radical (unpaired) electrons. The number of carbonyl (C=O) groups excluding carboxylic acids is 1. The predicted octanol–water partition coefficient (Wildman–Crippen LogP) is 2.80. The number of H-pyrrole nitrogens is 1. The van der Waals surface area contributed by atoms with Crippen LogP contribution in [0.1, 0.15) is 16.1 Å². The van der Waals surface area contributed by atoms with Gasteiger partial charge in [0.2, 0.25) is 0 Å². The molecule has 3 heterocycles. The van der Waals surface area contributed by atoms with Crippen molar-refractivity contribution in [3.63, 3.8) is 0 Å². The highest BCUT2D eigenvalue weighted by atomic mass is 32.1. The van der Waals surface area contributed by atoms with E-state index in [0.717, 1.165) is 16.6 Å². The Bertz CT molecular complexity index is 1110. The summed E-state index contributed by atoms with van der Waals surface area (Å²) in [5.74, 6) is -0.464. The molecule has 7 heteroatoms. The summed E-state index contributed by atoms with van der Waals surface area (Å²) in [6.45, 7) is 1.81. The molecule has 6 nitrogen and oxygen atoms in total. The molecule has 0 saturated heterocycles. The van der Waals surface area contributed by atoms with Gasteiger partial charge in [0.25, 0.3) is 11.5 Å². The number of rotatable bonds is 2. The molecule has 0 aliphatic heterocycles. The van der Waals surface area contributed by atoms with Crippen LogP contribution in [0.5, 0.6) is 0 Å². The molecule has 0 unspecified atom stereocenters. The quantitative estimate of drug-likeness (QED) is 0.595. The van der Waals surface area contributed by atoms with Crippen LogP contribution in [0.2, 0.25) is 0 Å². The number of aromatic nitrogens is 3. The lowest BCUT2D eigenvalue weighted by Crippen LogP contribution is -2.26. The minimum atomic E-state index is -0.464. The fourth-order valence-electron chi connectivity index (χ4n) is 2.50. The Hall–Kier alpha value is -2.93. The highest BCUT2D eigenvalue weighted by Crippen LogP contribution is 2.18. The number of amides is 1. The largest absolute Gasteiger partial charge is 0.361 e. The number of carbonyl (C=O) groups is 1. The van der Waals surface area contributed by atoms with Gasteiger partial charge in [-0.25, -0.2) is 4.98 Å². The van der Waals surface area contributed by atoms with Gasteiger partial charge in [-0.3, -0.25) is 14.0 Å². The SMILES string of the molecule is Cc1csc2ncc(C(=O)Nc3ccc4cc[nH]c4c3)c(=O)n12. The van der Waals surface area contributed by atoms with Crippen LogP contribution in [0.15, 0.2) is 46.8 Å². The molecule has 4 rings (SSSR count). The van der Waals surface area contributed by atoms with E-state index in [1.54, 1.807) is 6.07 Å². The van der Waals surface area contributed by atoms with Crippen molar-refractivity contribution in [2.75, 3.05) is 5.32 Å². The Morgan fingerprint density at radius 2 is 2.22 bits per heavy atom. The number of nitrogens with zero attached hydrogens (tertiary/aromatic N) is 2. The van der Waals surface area contributed by atoms with Crippen molar-refractivity contribution in [1.82, 2.24) is 14.4 Å². The van der Waals surface area contributed by atoms with Crippen molar-refractivity contribution >= 4 is 38.8 Å². The molecule has 1 amide bonds. The molecule has 1 aromatic carbocycles. The molecule has 0 atom stereocenters. The molecule has 0 fully saturated rings. The molecule has 4 aromatic rings. The number of fused-ring (bicyclic) bond motifs is 2. The third-order valence-corrected chi connectivity index (χ3v) is 4.63. The van der Waals surface area contributed by atoms with Crippen LogP contribution in [-0.4, -0.2) is 20.3 Å². The topological polar surface area (TPSA) is 79.3 Å². The smallest absolute Gasteiger partial charge is 0.271 e. The zero-order chi connectivity index (χ0) is 16.0. The average molecular weight is 324 g/mol. The number of nitrogens with one attached hydrogen (secondary N) is 2. The molecule has 0 spiro atoms. The van der Waals surface area contributed by atoms with Gasteiger partial charge >= 0.3 is 0 Å². The fourth-order valence-corrected chi connectivity index (χ4v) is 3.33. The third-order valence-electron chi connectivity index (χ3n) is 3.67. The molecular weight excluding hydrogens is 312 g/mol. The number of aryl methyl sites for hydroxylation is 1. The Morgan fingerprint density at radius 3 is 3.09 bits per heavy atom. The molecule has 2 N–H and O–H groups in total. The summed E-state index contributed by atoms with van der Waals surface area (Å²) in [6, 6.07) is 7.48. The van der Waals surface area contributed by atoms with E-state index in [0.29, 0.717) is 10.6 Å². The summed E-state index contributed by atoms with van der Waals surface area (Å²) in [4.78, 5) is 32.7. The van der Waals surface area contributed by atoms with Gasteiger partial charge in [-0.15, -0.1) is 11.3 Å². The Kier molecular flexibility index (Phi) is 3.02. The molecular formula is C16H12N4O2S. The van der Waals surface area contributed by atoms with Gasteiger partial charge in [0, 0.05) is 34.7 Å². The molecule has 3 aromatic heterocycles. The van der Waals surface area contributed by atoms with E-state index in [4.69, 9.17) is 0 Å². The lowest BCUT2D eigenvalue weighted by atomic mass is 10.2. The zero-order valence-electron chi connectivity index (χ0n) is 12.2. The van der Waals surface area contributed by atoms with Crippen LogP contribution in [0.25, 0.3) is 15.9 Å². The van der Waals surface area contributed by atoms with Crippen molar-refractivity contribution in [2.45, 2.75) is 6.92 Å². The fraction of sp³-hybridized carbons (Fsp3) is 0.0625. The van der Waals surface area contributed by atoms with Crippen molar-refractivity contribution < 1.29 is 4.79 Å². The molecule has 0 saturated carbocycles. The number of benzene rings is 1. The van der Waals surface area contributed by atoms with Crippen LogP contribution in [0.3, 0.4) is 0 Å². The first kappa shape index (κ1) is 13.7. The first-order chi connectivity index (χ1) is 11.1. The lowest BCUT2D eigenvalue weighted by molar-refractivity contribution is 0.102. The summed E-state index contributed by atoms with van der Waals surface area (Å²) in [6.07, 6.45) is 3.16. The van der Waals surface area contributed by atoms with Gasteiger partial charge in [0.05, 0.1) is 0 Å². The van der Waals surface area contributed by atoms with Gasteiger partial charge in [0.1, 0.15) is 5.56 Å². The standard InChI is InChI=1S/C16H12N4O2S/c1-9-8-23-16-18-7-12(15(22)20(9)16)14(21)19-11-3-2-10-4-5-17-13(10)6-11/h2-8,17H,1H3,(H,19,21). The first-order valence-corrected chi connectivity index (χ1v) is 7.86. The summed E-state index contributed by atoms with van der Waals surface area (Å²) < 4.78 is 1.45. The van der Waals surface area contributed by atoms with Crippen molar-refractivity contribution in [3.8, 4) is 0 Å². The van der Waals surface area contributed by atoms with E-state index in [2.05, 4.69) is 15.3 Å². The predicted molar refractivity (Wildman–Crippen MR) is 90.3 cm³/mol. The normalized spacial score (nSPS) is 11.2. The third kappa shape index (κ3) is 2.22. The van der Waals surface area contributed by atoms with Crippen molar-refractivity contribution in [2.24, 2.45) is 0 Å². The van der Waals surface area contributed by atoms with E-state index in [9.17, 15) is 9.59 Å². The number of anilines is 1. The number of aromatic amines is 1. The average Bonchev–Trinajstić information content (AvgIpc) is 3.14. The summed E-state index contributed by atoms with van der Waals surface area (Å²) in [5, 5.41) is 5.64.